The van der Waals surface area contributed by atoms with Gasteiger partial charge in [0.1, 0.15) is 5.75 Å². The Hall–Kier alpha value is -1.81. The molecule has 0 aliphatic carbocycles. The molecule has 1 aromatic heterocycles. The van der Waals surface area contributed by atoms with Gasteiger partial charge in [0, 0.05) is 10.4 Å². The standard InChI is InChI=1S/C14H15NO2S/c1-3-11-8-12(14(15)18-11)13(16)9-5-4-6-10(7-9)17-2/h4-8H,3,15H2,1-2H3. The first-order chi connectivity index (χ1) is 8.65. The quantitative estimate of drug-likeness (QED) is 0.860. The number of anilines is 1. The molecule has 0 atom stereocenters. The van der Waals surface area contributed by atoms with Gasteiger partial charge in [0.25, 0.3) is 0 Å². The summed E-state index contributed by atoms with van der Waals surface area (Å²) in [7, 11) is 1.58. The monoisotopic (exact) mass is 261 g/mol. The first kappa shape index (κ1) is 12.6. The Labute approximate surface area is 110 Å². The smallest absolute Gasteiger partial charge is 0.196 e. The van der Waals surface area contributed by atoms with E-state index in [1.54, 1.807) is 25.3 Å². The Balaban J connectivity index is 2.37. The van der Waals surface area contributed by atoms with Crippen LogP contribution in [0.15, 0.2) is 30.3 Å². The fourth-order valence-corrected chi connectivity index (χ4v) is 2.59. The van der Waals surface area contributed by atoms with Crippen LogP contribution >= 0.6 is 11.3 Å². The van der Waals surface area contributed by atoms with Gasteiger partial charge in [0.15, 0.2) is 5.78 Å². The average Bonchev–Trinajstić information content (AvgIpc) is 2.79. The van der Waals surface area contributed by atoms with Crippen molar-refractivity contribution in [3.8, 4) is 5.75 Å². The Kier molecular flexibility index (Phi) is 3.67. The van der Waals surface area contributed by atoms with Crippen molar-refractivity contribution >= 4 is 22.1 Å². The van der Waals surface area contributed by atoms with Crippen molar-refractivity contribution in [1.82, 2.24) is 0 Å². The molecule has 0 radical (unpaired) electrons. The highest BCUT2D eigenvalue weighted by atomic mass is 32.1. The molecule has 3 nitrogen and oxygen atoms in total. The van der Waals surface area contributed by atoms with E-state index in [-0.39, 0.29) is 5.78 Å². The van der Waals surface area contributed by atoms with Crippen LogP contribution in [0.4, 0.5) is 5.00 Å². The fourth-order valence-electron chi connectivity index (χ4n) is 1.73. The topological polar surface area (TPSA) is 52.3 Å². The van der Waals surface area contributed by atoms with Gasteiger partial charge in [0.05, 0.1) is 17.7 Å². The summed E-state index contributed by atoms with van der Waals surface area (Å²) in [5.41, 5.74) is 7.08. The van der Waals surface area contributed by atoms with Crippen molar-refractivity contribution < 1.29 is 9.53 Å². The molecule has 0 aliphatic heterocycles. The van der Waals surface area contributed by atoms with Gasteiger partial charge < -0.3 is 10.5 Å². The van der Waals surface area contributed by atoms with Crippen LogP contribution in [-0.2, 0) is 6.42 Å². The molecule has 2 N–H and O–H groups in total. The zero-order valence-electron chi connectivity index (χ0n) is 10.4. The first-order valence-electron chi connectivity index (χ1n) is 5.72. The summed E-state index contributed by atoms with van der Waals surface area (Å²) >= 11 is 1.47. The van der Waals surface area contributed by atoms with Crippen LogP contribution in [0.3, 0.4) is 0 Å². The highest BCUT2D eigenvalue weighted by Gasteiger charge is 2.15. The van der Waals surface area contributed by atoms with Crippen molar-refractivity contribution in [2.45, 2.75) is 13.3 Å². The number of nitrogen functional groups attached to an aromatic ring is 1. The van der Waals surface area contributed by atoms with Crippen molar-refractivity contribution in [2.75, 3.05) is 12.8 Å². The molecule has 4 heteroatoms. The molecule has 0 aliphatic rings. The summed E-state index contributed by atoms with van der Waals surface area (Å²) < 4.78 is 5.12. The second-order valence-corrected chi connectivity index (χ2v) is 5.07. The predicted octanol–water partition coefficient (Wildman–Crippen LogP) is 3.13. The van der Waals surface area contributed by atoms with Gasteiger partial charge in [-0.15, -0.1) is 11.3 Å². The molecule has 0 bridgehead atoms. The van der Waals surface area contributed by atoms with Crippen molar-refractivity contribution in [2.24, 2.45) is 0 Å². The van der Waals surface area contributed by atoms with E-state index in [0.29, 0.717) is 21.9 Å². The first-order valence-corrected chi connectivity index (χ1v) is 6.54. The van der Waals surface area contributed by atoms with E-state index >= 15 is 0 Å². The number of ketones is 1. The van der Waals surface area contributed by atoms with E-state index in [9.17, 15) is 4.79 Å². The highest BCUT2D eigenvalue weighted by Crippen LogP contribution is 2.28. The molecule has 1 heterocycles. The minimum atomic E-state index is -0.0534. The van der Waals surface area contributed by atoms with Gasteiger partial charge in [-0.1, -0.05) is 19.1 Å². The molecule has 2 aromatic rings. The number of benzene rings is 1. The van der Waals surface area contributed by atoms with E-state index in [0.717, 1.165) is 11.3 Å². The van der Waals surface area contributed by atoms with E-state index < -0.39 is 0 Å². The molecular formula is C14H15NO2S. The number of thiophene rings is 1. The lowest BCUT2D eigenvalue weighted by Crippen LogP contribution is -2.02. The normalized spacial score (nSPS) is 10.3. The lowest BCUT2D eigenvalue weighted by Gasteiger charge is -2.03. The molecule has 0 fully saturated rings. The lowest BCUT2D eigenvalue weighted by molar-refractivity contribution is 0.103. The summed E-state index contributed by atoms with van der Waals surface area (Å²) in [5, 5.41) is 0.583. The van der Waals surface area contributed by atoms with Gasteiger partial charge in [0.2, 0.25) is 0 Å². The fraction of sp³-hybridized carbons (Fsp3) is 0.214. The third-order valence-corrected chi connectivity index (χ3v) is 3.85. The maximum Gasteiger partial charge on any atom is 0.196 e. The van der Waals surface area contributed by atoms with Gasteiger partial charge in [-0.05, 0) is 24.6 Å². The van der Waals surface area contributed by atoms with Crippen LogP contribution in [-0.4, -0.2) is 12.9 Å². The number of hydrogen-bond acceptors (Lipinski definition) is 4. The largest absolute Gasteiger partial charge is 0.497 e. The number of ether oxygens (including phenoxy) is 1. The van der Waals surface area contributed by atoms with Crippen molar-refractivity contribution in [3.63, 3.8) is 0 Å². The minimum absolute atomic E-state index is 0.0534. The Morgan fingerprint density at radius 2 is 2.17 bits per heavy atom. The predicted molar refractivity (Wildman–Crippen MR) is 74.5 cm³/mol. The number of nitrogens with two attached hydrogens (primary N) is 1. The van der Waals surface area contributed by atoms with Gasteiger partial charge >= 0.3 is 0 Å². The zero-order valence-corrected chi connectivity index (χ0v) is 11.2. The average molecular weight is 261 g/mol. The van der Waals surface area contributed by atoms with Crippen molar-refractivity contribution in [1.29, 1.82) is 0 Å². The minimum Gasteiger partial charge on any atom is -0.497 e. The van der Waals surface area contributed by atoms with E-state index in [2.05, 4.69) is 0 Å². The van der Waals surface area contributed by atoms with Crippen LogP contribution < -0.4 is 10.5 Å². The molecular weight excluding hydrogens is 246 g/mol. The molecule has 0 amide bonds. The summed E-state index contributed by atoms with van der Waals surface area (Å²) in [6.07, 6.45) is 0.889. The second-order valence-electron chi connectivity index (χ2n) is 3.91. The van der Waals surface area contributed by atoms with E-state index in [4.69, 9.17) is 10.5 Å². The summed E-state index contributed by atoms with van der Waals surface area (Å²) in [6, 6.07) is 8.99. The van der Waals surface area contributed by atoms with Gasteiger partial charge in [-0.25, -0.2) is 0 Å². The Morgan fingerprint density at radius 3 is 2.78 bits per heavy atom. The number of carbonyl (C=O) groups excluding carboxylic acids is 1. The Bertz CT molecular complexity index is 575. The summed E-state index contributed by atoms with van der Waals surface area (Å²) in [4.78, 5) is 13.5. The van der Waals surface area contributed by atoms with Crippen LogP contribution in [0.1, 0.15) is 27.7 Å². The van der Waals surface area contributed by atoms with Crippen LogP contribution in [0.5, 0.6) is 5.75 Å². The number of rotatable bonds is 4. The molecule has 94 valence electrons. The molecule has 18 heavy (non-hydrogen) atoms. The second kappa shape index (κ2) is 5.23. The van der Waals surface area contributed by atoms with Gasteiger partial charge in [-0.3, -0.25) is 4.79 Å². The summed E-state index contributed by atoms with van der Waals surface area (Å²) in [6.45, 7) is 2.05. The Morgan fingerprint density at radius 1 is 1.39 bits per heavy atom. The van der Waals surface area contributed by atoms with Crippen LogP contribution in [0.2, 0.25) is 0 Å². The van der Waals surface area contributed by atoms with Crippen LogP contribution in [0.25, 0.3) is 0 Å². The molecule has 2 rings (SSSR count). The number of methoxy groups -OCH3 is 1. The number of hydrogen-bond donors (Lipinski definition) is 1. The molecule has 0 spiro atoms. The van der Waals surface area contributed by atoms with E-state index in [1.165, 1.54) is 11.3 Å². The third-order valence-electron chi connectivity index (χ3n) is 2.74. The molecule has 0 saturated heterocycles. The number of carbonyl (C=O) groups is 1. The SMILES string of the molecule is CCc1cc(C(=O)c2cccc(OC)c2)c(N)s1. The molecule has 1 aromatic carbocycles. The zero-order chi connectivity index (χ0) is 13.1. The number of aryl methyl sites for hydroxylation is 1. The maximum atomic E-state index is 12.3. The highest BCUT2D eigenvalue weighted by molar-refractivity contribution is 7.16. The maximum absolute atomic E-state index is 12.3. The van der Waals surface area contributed by atoms with Crippen molar-refractivity contribution in [3.05, 3.63) is 46.3 Å². The molecule has 0 unspecified atom stereocenters. The van der Waals surface area contributed by atoms with Gasteiger partial charge in [-0.2, -0.15) is 0 Å². The molecule has 0 saturated carbocycles. The van der Waals surface area contributed by atoms with Crippen LogP contribution in [0, 0.1) is 0 Å². The lowest BCUT2D eigenvalue weighted by atomic mass is 10.0. The third kappa shape index (κ3) is 2.38. The van der Waals surface area contributed by atoms with E-state index in [1.807, 2.05) is 19.1 Å². The summed E-state index contributed by atoms with van der Waals surface area (Å²) in [5.74, 6) is 0.618.